The van der Waals surface area contributed by atoms with Crippen LogP contribution in [0, 0.1) is 0 Å². The van der Waals surface area contributed by atoms with E-state index in [1.165, 1.54) is 30.6 Å². The fourth-order valence-electron chi connectivity index (χ4n) is 2.31. The van der Waals surface area contributed by atoms with Crippen LogP contribution in [0.1, 0.15) is 15.9 Å². The Morgan fingerprint density at radius 1 is 0.923 bits per heavy atom. The van der Waals surface area contributed by atoms with E-state index >= 15 is 0 Å². The lowest BCUT2D eigenvalue weighted by Gasteiger charge is -2.09. The summed E-state index contributed by atoms with van der Waals surface area (Å²) in [6.07, 6.45) is 2.75. The van der Waals surface area contributed by atoms with Crippen molar-refractivity contribution in [3.63, 3.8) is 0 Å². The van der Waals surface area contributed by atoms with Gasteiger partial charge >= 0.3 is 0 Å². The molecule has 0 aliphatic heterocycles. The fourth-order valence-corrected chi connectivity index (χ4v) is 3.37. The summed E-state index contributed by atoms with van der Waals surface area (Å²) in [5.41, 5.74) is 1.46. The van der Waals surface area contributed by atoms with Crippen molar-refractivity contribution in [3.05, 3.63) is 90.3 Å². The van der Waals surface area contributed by atoms with Crippen LogP contribution < -0.4 is 10.0 Å². The van der Waals surface area contributed by atoms with E-state index < -0.39 is 10.0 Å². The van der Waals surface area contributed by atoms with Gasteiger partial charge in [-0.1, -0.05) is 48.5 Å². The van der Waals surface area contributed by atoms with Crippen molar-refractivity contribution in [1.29, 1.82) is 0 Å². The van der Waals surface area contributed by atoms with E-state index in [0.717, 1.165) is 5.56 Å². The van der Waals surface area contributed by atoms with Gasteiger partial charge in [-0.25, -0.2) is 8.42 Å². The molecule has 0 spiro atoms. The first kappa shape index (κ1) is 17.6. The monoisotopic (exact) mass is 367 g/mol. The highest BCUT2D eigenvalue weighted by molar-refractivity contribution is 7.92. The molecular weight excluding hydrogens is 350 g/mol. The molecule has 0 atom stereocenters. The lowest BCUT2D eigenvalue weighted by molar-refractivity contribution is 0.0950. The van der Waals surface area contributed by atoms with Gasteiger partial charge in [-0.05, 0) is 23.8 Å². The molecule has 26 heavy (non-hydrogen) atoms. The van der Waals surface area contributed by atoms with Crippen LogP contribution in [0.3, 0.4) is 0 Å². The summed E-state index contributed by atoms with van der Waals surface area (Å²) < 4.78 is 27.1. The van der Waals surface area contributed by atoms with Crippen LogP contribution >= 0.6 is 0 Å². The minimum atomic E-state index is -3.73. The van der Waals surface area contributed by atoms with Crippen LogP contribution in [0.2, 0.25) is 0 Å². The van der Waals surface area contributed by atoms with E-state index in [4.69, 9.17) is 0 Å². The zero-order valence-corrected chi connectivity index (χ0v) is 14.6. The number of amides is 1. The largest absolute Gasteiger partial charge is 0.348 e. The predicted octanol–water partition coefficient (Wildman–Crippen LogP) is 2.81. The van der Waals surface area contributed by atoms with Crippen LogP contribution in [0.5, 0.6) is 0 Å². The molecule has 1 amide bonds. The fraction of sp³-hybridized carbons (Fsp3) is 0.0526. The quantitative estimate of drug-likeness (QED) is 0.701. The summed E-state index contributed by atoms with van der Waals surface area (Å²) >= 11 is 0. The van der Waals surface area contributed by atoms with Crippen LogP contribution in [-0.2, 0) is 16.6 Å². The highest BCUT2D eigenvalue weighted by atomic mass is 32.2. The zero-order valence-electron chi connectivity index (χ0n) is 13.8. The second-order valence-electron chi connectivity index (χ2n) is 5.55. The average Bonchev–Trinajstić information content (AvgIpc) is 2.67. The molecule has 0 aliphatic carbocycles. The molecule has 0 bridgehead atoms. The lowest BCUT2D eigenvalue weighted by Crippen LogP contribution is -2.23. The van der Waals surface area contributed by atoms with Crippen molar-refractivity contribution in [3.8, 4) is 0 Å². The molecular formula is C19H17N3O3S. The number of pyridine rings is 1. The molecule has 0 saturated heterocycles. The molecule has 0 unspecified atom stereocenters. The molecule has 1 heterocycles. The van der Waals surface area contributed by atoms with Crippen LogP contribution in [0.15, 0.2) is 84.0 Å². The Kier molecular flexibility index (Phi) is 5.28. The highest BCUT2D eigenvalue weighted by Crippen LogP contribution is 2.16. The van der Waals surface area contributed by atoms with Crippen LogP contribution in [0.4, 0.5) is 5.69 Å². The number of sulfonamides is 1. The number of carbonyl (C=O) groups excluding carboxylic acids is 1. The van der Waals surface area contributed by atoms with Gasteiger partial charge in [0.05, 0.1) is 22.3 Å². The highest BCUT2D eigenvalue weighted by Gasteiger charge is 2.15. The standard InChI is InChI=1S/C19H17N3O3S/c23-19(21-12-15-7-3-1-4-8-15)16-11-17(14-20-13-16)22-26(24,25)18-9-5-2-6-10-18/h1-11,13-14,22H,12H2,(H,21,23). The number of anilines is 1. The maximum Gasteiger partial charge on any atom is 0.261 e. The molecule has 2 N–H and O–H groups in total. The molecule has 0 radical (unpaired) electrons. The van der Waals surface area contributed by atoms with Gasteiger partial charge in [0, 0.05) is 12.7 Å². The van der Waals surface area contributed by atoms with Crippen LogP contribution in [0.25, 0.3) is 0 Å². The van der Waals surface area contributed by atoms with Crippen molar-refractivity contribution < 1.29 is 13.2 Å². The van der Waals surface area contributed by atoms with Gasteiger partial charge in [0.1, 0.15) is 0 Å². The minimum absolute atomic E-state index is 0.138. The third kappa shape index (κ3) is 4.46. The third-order valence-electron chi connectivity index (χ3n) is 3.60. The molecule has 0 saturated carbocycles. The molecule has 132 valence electrons. The van der Waals surface area contributed by atoms with Gasteiger partial charge in [-0.15, -0.1) is 0 Å². The molecule has 0 fully saturated rings. The summed E-state index contributed by atoms with van der Waals surface area (Å²) in [5, 5.41) is 2.78. The van der Waals surface area contributed by atoms with E-state index in [9.17, 15) is 13.2 Å². The van der Waals surface area contributed by atoms with Gasteiger partial charge in [0.2, 0.25) is 0 Å². The second-order valence-corrected chi connectivity index (χ2v) is 7.23. The normalized spacial score (nSPS) is 10.9. The van der Waals surface area contributed by atoms with Crippen molar-refractivity contribution in [2.24, 2.45) is 0 Å². The van der Waals surface area contributed by atoms with E-state index in [0.29, 0.717) is 6.54 Å². The van der Waals surface area contributed by atoms with Crippen molar-refractivity contribution >= 4 is 21.6 Å². The maximum atomic E-state index is 12.4. The molecule has 3 aromatic rings. The van der Waals surface area contributed by atoms with Gasteiger partial charge in [0.25, 0.3) is 15.9 Å². The maximum absolute atomic E-state index is 12.4. The SMILES string of the molecule is O=C(NCc1ccccc1)c1cncc(NS(=O)(=O)c2ccccc2)c1. The third-order valence-corrected chi connectivity index (χ3v) is 5.00. The van der Waals surface area contributed by atoms with Crippen LogP contribution in [-0.4, -0.2) is 19.3 Å². The predicted molar refractivity (Wildman–Crippen MR) is 99.1 cm³/mol. The summed E-state index contributed by atoms with van der Waals surface area (Å²) in [6.45, 7) is 0.375. The number of nitrogens with zero attached hydrogens (tertiary/aromatic N) is 1. The van der Waals surface area contributed by atoms with Gasteiger partial charge in [-0.2, -0.15) is 0 Å². The Morgan fingerprint density at radius 3 is 2.27 bits per heavy atom. The number of nitrogens with one attached hydrogen (secondary N) is 2. The summed E-state index contributed by atoms with van der Waals surface area (Å²) in [5.74, 6) is -0.331. The molecule has 7 heteroatoms. The average molecular weight is 367 g/mol. The number of rotatable bonds is 6. The number of carbonyl (C=O) groups is 1. The Balaban J connectivity index is 1.71. The van der Waals surface area contributed by atoms with E-state index in [2.05, 4.69) is 15.0 Å². The first-order chi connectivity index (χ1) is 12.5. The van der Waals surface area contributed by atoms with E-state index in [1.807, 2.05) is 30.3 Å². The van der Waals surface area contributed by atoms with Crippen molar-refractivity contribution in [2.75, 3.05) is 4.72 Å². The van der Waals surface area contributed by atoms with E-state index in [1.54, 1.807) is 18.2 Å². The number of hydrogen-bond donors (Lipinski definition) is 2. The number of aromatic nitrogens is 1. The minimum Gasteiger partial charge on any atom is -0.348 e. The van der Waals surface area contributed by atoms with Crippen molar-refractivity contribution in [2.45, 2.75) is 11.4 Å². The summed E-state index contributed by atoms with van der Waals surface area (Å²) in [4.78, 5) is 16.4. The Morgan fingerprint density at radius 2 is 1.58 bits per heavy atom. The van der Waals surface area contributed by atoms with Crippen molar-refractivity contribution in [1.82, 2.24) is 10.3 Å². The smallest absolute Gasteiger partial charge is 0.261 e. The van der Waals surface area contributed by atoms with E-state index in [-0.39, 0.29) is 22.1 Å². The number of hydrogen-bond acceptors (Lipinski definition) is 4. The molecule has 3 rings (SSSR count). The zero-order chi connectivity index (χ0) is 18.4. The molecule has 6 nitrogen and oxygen atoms in total. The number of benzene rings is 2. The topological polar surface area (TPSA) is 88.2 Å². The Bertz CT molecular complexity index is 991. The lowest BCUT2D eigenvalue weighted by atomic mass is 10.2. The summed E-state index contributed by atoms with van der Waals surface area (Å²) in [7, 11) is -3.73. The van der Waals surface area contributed by atoms with Gasteiger partial charge in [0.15, 0.2) is 0 Å². The van der Waals surface area contributed by atoms with Gasteiger partial charge in [-0.3, -0.25) is 14.5 Å². The first-order valence-corrected chi connectivity index (χ1v) is 9.38. The second kappa shape index (κ2) is 7.79. The Hall–Kier alpha value is -3.19. The molecule has 1 aromatic heterocycles. The molecule has 2 aromatic carbocycles. The van der Waals surface area contributed by atoms with Gasteiger partial charge < -0.3 is 5.32 Å². The summed E-state index contributed by atoms with van der Waals surface area (Å²) in [6, 6.07) is 18.9. The first-order valence-electron chi connectivity index (χ1n) is 7.90. The molecule has 0 aliphatic rings. The Labute approximate surface area is 152 Å².